The molecule has 3 aromatic rings. The molecule has 0 unspecified atom stereocenters. The summed E-state index contributed by atoms with van der Waals surface area (Å²) in [6.45, 7) is 0. The third kappa shape index (κ3) is 2.39. The molecule has 0 amide bonds. The average molecular weight is 288 g/mol. The Labute approximate surface area is 119 Å². The van der Waals surface area contributed by atoms with Crippen LogP contribution in [0.5, 0.6) is 0 Å². The number of hydrogen-bond donors (Lipinski definition) is 0. The number of nitrogens with zero attached hydrogens (tertiary/aromatic N) is 1. The second-order valence-electron chi connectivity index (χ2n) is 4.19. The van der Waals surface area contributed by atoms with Crippen LogP contribution < -0.4 is 0 Å². The first-order chi connectivity index (χ1) is 9.25. The first kappa shape index (κ1) is 12.3. The summed E-state index contributed by atoms with van der Waals surface area (Å²) >= 11 is 7.65. The summed E-state index contributed by atoms with van der Waals surface area (Å²) in [4.78, 5) is 16.3. The minimum atomic E-state index is -0.0471. The zero-order chi connectivity index (χ0) is 13.2. The third-order valence-electron chi connectivity index (χ3n) is 2.93. The van der Waals surface area contributed by atoms with E-state index >= 15 is 0 Å². The summed E-state index contributed by atoms with van der Waals surface area (Å²) in [5.41, 5.74) is 1.38. The van der Waals surface area contributed by atoms with Gasteiger partial charge in [0.15, 0.2) is 5.78 Å². The van der Waals surface area contributed by atoms with Gasteiger partial charge in [-0.2, -0.15) is 0 Å². The van der Waals surface area contributed by atoms with E-state index in [0.717, 1.165) is 10.9 Å². The normalized spacial score (nSPS) is 10.8. The van der Waals surface area contributed by atoms with E-state index in [9.17, 15) is 4.79 Å². The van der Waals surface area contributed by atoms with Crippen LogP contribution in [0.4, 0.5) is 0 Å². The topological polar surface area (TPSA) is 30.0 Å². The van der Waals surface area contributed by atoms with E-state index in [1.165, 1.54) is 4.70 Å². The molecule has 0 aliphatic heterocycles. The monoisotopic (exact) mass is 287 g/mol. The fraction of sp³-hybridized carbons (Fsp3) is 0.0667. The van der Waals surface area contributed by atoms with Crippen LogP contribution in [0.25, 0.3) is 10.1 Å². The summed E-state index contributed by atoms with van der Waals surface area (Å²) in [5.74, 6) is -0.0471. The van der Waals surface area contributed by atoms with E-state index in [2.05, 4.69) is 11.1 Å². The van der Waals surface area contributed by atoms with Gasteiger partial charge in [-0.15, -0.1) is 11.3 Å². The summed E-state index contributed by atoms with van der Waals surface area (Å²) < 4.78 is 1.19. The van der Waals surface area contributed by atoms with Crippen LogP contribution >= 0.6 is 22.9 Å². The van der Waals surface area contributed by atoms with Gasteiger partial charge in [-0.3, -0.25) is 9.78 Å². The molecule has 0 spiro atoms. The largest absolute Gasteiger partial charge is 0.292 e. The molecule has 0 atom stereocenters. The molecule has 4 heteroatoms. The maximum atomic E-state index is 12.2. The molecule has 0 saturated carbocycles. The van der Waals surface area contributed by atoms with Gasteiger partial charge in [-0.1, -0.05) is 29.8 Å². The van der Waals surface area contributed by atoms with Gasteiger partial charge in [0, 0.05) is 17.3 Å². The van der Waals surface area contributed by atoms with Gasteiger partial charge in [0.1, 0.15) is 5.69 Å². The predicted molar refractivity (Wildman–Crippen MR) is 79.1 cm³/mol. The Hall–Kier alpha value is -1.71. The summed E-state index contributed by atoms with van der Waals surface area (Å²) in [6.07, 6.45) is 1.92. The van der Waals surface area contributed by atoms with Crippen molar-refractivity contribution in [3.8, 4) is 0 Å². The minimum Gasteiger partial charge on any atom is -0.292 e. The second kappa shape index (κ2) is 5.11. The van der Waals surface area contributed by atoms with Crippen LogP contribution in [0.2, 0.25) is 5.02 Å². The summed E-state index contributed by atoms with van der Waals surface area (Å²) in [7, 11) is 0. The smallest absolute Gasteiger partial charge is 0.187 e. The zero-order valence-electron chi connectivity index (χ0n) is 9.97. The molecule has 0 N–H and O–H groups in total. The van der Waals surface area contributed by atoms with Crippen LogP contribution in [0, 0.1) is 0 Å². The van der Waals surface area contributed by atoms with Crippen LogP contribution in [0.15, 0.2) is 48.0 Å². The number of aromatic nitrogens is 1. The van der Waals surface area contributed by atoms with Gasteiger partial charge >= 0.3 is 0 Å². The number of halogens is 1. The van der Waals surface area contributed by atoms with E-state index in [1.807, 2.05) is 23.6 Å². The molecule has 2 heterocycles. The van der Waals surface area contributed by atoms with E-state index in [-0.39, 0.29) is 5.78 Å². The van der Waals surface area contributed by atoms with Crippen molar-refractivity contribution in [2.75, 3.05) is 0 Å². The van der Waals surface area contributed by atoms with Gasteiger partial charge < -0.3 is 0 Å². The van der Waals surface area contributed by atoms with E-state index in [0.29, 0.717) is 17.1 Å². The van der Waals surface area contributed by atoms with E-state index in [1.54, 1.807) is 29.7 Å². The van der Waals surface area contributed by atoms with Crippen molar-refractivity contribution in [3.05, 3.63) is 64.3 Å². The highest BCUT2D eigenvalue weighted by atomic mass is 35.5. The predicted octanol–water partition coefficient (Wildman–Crippen LogP) is 4.38. The fourth-order valence-corrected chi connectivity index (χ4v) is 3.21. The molecule has 0 aliphatic carbocycles. The number of Topliss-reactive ketones (excluding diaryl/α,β-unsaturated/α-hetero) is 1. The highest BCUT2D eigenvalue weighted by Crippen LogP contribution is 2.27. The standard InChI is InChI=1S/C15H10ClNOS/c16-12-5-3-7-17-15(12)13(18)8-10-9-19-14-6-2-1-4-11(10)14/h1-7,9H,8H2. The fourth-order valence-electron chi connectivity index (χ4n) is 2.02. The van der Waals surface area contributed by atoms with Gasteiger partial charge in [0.2, 0.25) is 0 Å². The number of hydrogen-bond acceptors (Lipinski definition) is 3. The number of fused-ring (bicyclic) bond motifs is 1. The highest BCUT2D eigenvalue weighted by molar-refractivity contribution is 7.17. The first-order valence-electron chi connectivity index (χ1n) is 5.84. The Morgan fingerprint density at radius 3 is 2.89 bits per heavy atom. The second-order valence-corrected chi connectivity index (χ2v) is 5.51. The Balaban J connectivity index is 1.94. The number of ketones is 1. The van der Waals surface area contributed by atoms with Crippen molar-refractivity contribution in [3.63, 3.8) is 0 Å². The minimum absolute atomic E-state index is 0.0471. The summed E-state index contributed by atoms with van der Waals surface area (Å²) in [5, 5.41) is 3.57. The number of carbonyl (C=O) groups is 1. The lowest BCUT2D eigenvalue weighted by atomic mass is 10.1. The Kier molecular flexibility index (Phi) is 3.32. The lowest BCUT2D eigenvalue weighted by molar-refractivity contribution is 0.0989. The van der Waals surface area contributed by atoms with E-state index < -0.39 is 0 Å². The van der Waals surface area contributed by atoms with Crippen molar-refractivity contribution in [2.45, 2.75) is 6.42 Å². The Morgan fingerprint density at radius 2 is 2.05 bits per heavy atom. The lowest BCUT2D eigenvalue weighted by Crippen LogP contribution is -2.06. The van der Waals surface area contributed by atoms with Crippen LogP contribution in [-0.2, 0) is 6.42 Å². The van der Waals surface area contributed by atoms with E-state index in [4.69, 9.17) is 11.6 Å². The van der Waals surface area contributed by atoms with Crippen molar-refractivity contribution >= 4 is 38.8 Å². The SMILES string of the molecule is O=C(Cc1csc2ccccc12)c1ncccc1Cl. The third-order valence-corrected chi connectivity index (χ3v) is 4.25. The van der Waals surface area contributed by atoms with Crippen LogP contribution in [0.3, 0.4) is 0 Å². The van der Waals surface area contributed by atoms with Gasteiger partial charge in [0.25, 0.3) is 0 Å². The molecule has 1 aromatic carbocycles. The molecule has 2 nitrogen and oxygen atoms in total. The highest BCUT2D eigenvalue weighted by Gasteiger charge is 2.14. The lowest BCUT2D eigenvalue weighted by Gasteiger charge is -2.01. The first-order valence-corrected chi connectivity index (χ1v) is 7.10. The molecule has 2 aromatic heterocycles. The molecule has 0 radical (unpaired) electrons. The van der Waals surface area contributed by atoms with Crippen molar-refractivity contribution in [1.82, 2.24) is 4.98 Å². The quantitative estimate of drug-likeness (QED) is 0.669. The molecular weight excluding hydrogens is 278 g/mol. The molecule has 0 fully saturated rings. The molecule has 0 aliphatic rings. The number of thiophene rings is 1. The molecule has 19 heavy (non-hydrogen) atoms. The number of pyridine rings is 1. The van der Waals surface area contributed by atoms with Crippen LogP contribution in [0.1, 0.15) is 16.1 Å². The number of rotatable bonds is 3. The maximum absolute atomic E-state index is 12.2. The van der Waals surface area contributed by atoms with Gasteiger partial charge in [0.05, 0.1) is 5.02 Å². The molecule has 0 bridgehead atoms. The van der Waals surface area contributed by atoms with Crippen molar-refractivity contribution < 1.29 is 4.79 Å². The average Bonchev–Trinajstić information content (AvgIpc) is 2.83. The number of carbonyl (C=O) groups excluding carboxylic acids is 1. The Morgan fingerprint density at radius 1 is 1.21 bits per heavy atom. The molecule has 0 saturated heterocycles. The van der Waals surface area contributed by atoms with Crippen molar-refractivity contribution in [1.29, 1.82) is 0 Å². The van der Waals surface area contributed by atoms with Crippen LogP contribution in [-0.4, -0.2) is 10.8 Å². The van der Waals surface area contributed by atoms with Gasteiger partial charge in [-0.25, -0.2) is 0 Å². The summed E-state index contributed by atoms with van der Waals surface area (Å²) in [6, 6.07) is 11.5. The Bertz CT molecular complexity index is 750. The number of benzene rings is 1. The zero-order valence-corrected chi connectivity index (χ0v) is 11.5. The van der Waals surface area contributed by atoms with Crippen molar-refractivity contribution in [2.24, 2.45) is 0 Å². The molecule has 3 rings (SSSR count). The molecule has 94 valence electrons. The maximum Gasteiger partial charge on any atom is 0.187 e. The van der Waals surface area contributed by atoms with Gasteiger partial charge in [-0.05, 0) is 34.5 Å². The molecular formula is C15H10ClNOS.